The number of rotatable bonds is 7. The third-order valence-electron chi connectivity index (χ3n) is 2.59. The Hall–Kier alpha value is -0.970. The first-order valence-electron chi connectivity index (χ1n) is 5.84. The third-order valence-corrected chi connectivity index (χ3v) is 2.81. The first kappa shape index (κ1) is 15.1. The summed E-state index contributed by atoms with van der Waals surface area (Å²) in [6.45, 7) is 2.91. The van der Waals surface area contributed by atoms with Crippen LogP contribution in [0, 0.1) is 0 Å². The van der Waals surface area contributed by atoms with Crippen LogP contribution in [0.3, 0.4) is 0 Å². The summed E-state index contributed by atoms with van der Waals surface area (Å²) in [6.07, 6.45) is 0.698. The normalized spacial score (nSPS) is 12.3. The van der Waals surface area contributed by atoms with Gasteiger partial charge < -0.3 is 19.9 Å². The van der Waals surface area contributed by atoms with Gasteiger partial charge in [0.05, 0.1) is 13.2 Å². The molecule has 0 saturated heterocycles. The molecule has 0 radical (unpaired) electrons. The first-order valence-corrected chi connectivity index (χ1v) is 6.22. The van der Waals surface area contributed by atoms with Crippen molar-refractivity contribution in [3.63, 3.8) is 0 Å². The fourth-order valence-corrected chi connectivity index (χ4v) is 1.78. The van der Waals surface area contributed by atoms with E-state index in [1.165, 1.54) is 0 Å². The number of methoxy groups -OCH3 is 2. The van der Waals surface area contributed by atoms with Crippen LogP contribution in [0.2, 0.25) is 5.02 Å². The molecule has 1 unspecified atom stereocenters. The second-order valence-corrected chi connectivity index (χ2v) is 4.43. The Morgan fingerprint density at radius 3 is 2.61 bits per heavy atom. The zero-order valence-electron chi connectivity index (χ0n) is 11.0. The van der Waals surface area contributed by atoms with Gasteiger partial charge in [0.2, 0.25) is 0 Å². The lowest BCUT2D eigenvalue weighted by atomic mass is 10.1. The predicted molar refractivity (Wildman–Crippen MR) is 72.7 cm³/mol. The highest BCUT2D eigenvalue weighted by atomic mass is 35.5. The van der Waals surface area contributed by atoms with Crippen molar-refractivity contribution in [2.24, 2.45) is 5.73 Å². The van der Waals surface area contributed by atoms with E-state index < -0.39 is 0 Å². The Morgan fingerprint density at radius 2 is 2.06 bits per heavy atom. The Balaban J connectivity index is 2.97. The zero-order valence-corrected chi connectivity index (χ0v) is 11.8. The molecule has 1 aromatic rings. The van der Waals surface area contributed by atoms with E-state index in [4.69, 9.17) is 31.5 Å². The second-order valence-electron chi connectivity index (χ2n) is 3.99. The number of hydrogen-bond donors (Lipinski definition) is 1. The molecule has 0 heterocycles. The summed E-state index contributed by atoms with van der Waals surface area (Å²) in [5, 5.41) is 0.613. The van der Waals surface area contributed by atoms with Gasteiger partial charge in [-0.2, -0.15) is 0 Å². The molecular formula is C13H20ClNO3. The van der Waals surface area contributed by atoms with Crippen LogP contribution in [-0.2, 0) is 11.2 Å². The topological polar surface area (TPSA) is 53.7 Å². The average Bonchev–Trinajstić information content (AvgIpc) is 2.36. The molecule has 0 bridgehead atoms. The van der Waals surface area contributed by atoms with Crippen molar-refractivity contribution in [1.82, 2.24) is 0 Å². The van der Waals surface area contributed by atoms with E-state index in [2.05, 4.69) is 0 Å². The highest BCUT2D eigenvalue weighted by molar-refractivity contribution is 6.30. The van der Waals surface area contributed by atoms with Gasteiger partial charge in [0.1, 0.15) is 6.61 Å². The molecule has 1 atom stereocenters. The van der Waals surface area contributed by atoms with Gasteiger partial charge in [0.15, 0.2) is 11.5 Å². The van der Waals surface area contributed by atoms with Crippen molar-refractivity contribution >= 4 is 11.6 Å². The molecule has 102 valence electrons. The van der Waals surface area contributed by atoms with Gasteiger partial charge in [-0.1, -0.05) is 11.6 Å². The predicted octanol–water partition coefficient (Wildman–Crippen LogP) is 2.26. The number of halogens is 1. The van der Waals surface area contributed by atoms with Crippen LogP contribution in [0.4, 0.5) is 0 Å². The van der Waals surface area contributed by atoms with Gasteiger partial charge in [-0.05, 0) is 26.0 Å². The van der Waals surface area contributed by atoms with Crippen molar-refractivity contribution in [3.8, 4) is 11.5 Å². The fourth-order valence-electron chi connectivity index (χ4n) is 1.55. The van der Waals surface area contributed by atoms with Crippen LogP contribution in [-0.4, -0.2) is 33.5 Å². The number of benzene rings is 1. The molecule has 18 heavy (non-hydrogen) atoms. The Kier molecular flexibility index (Phi) is 6.25. The molecule has 0 saturated carbocycles. The first-order chi connectivity index (χ1) is 8.62. The summed E-state index contributed by atoms with van der Waals surface area (Å²) in [4.78, 5) is 0. The van der Waals surface area contributed by atoms with Crippen LogP contribution in [0.25, 0.3) is 0 Å². The van der Waals surface area contributed by atoms with E-state index in [0.29, 0.717) is 36.1 Å². The summed E-state index contributed by atoms with van der Waals surface area (Å²) in [6, 6.07) is 3.58. The van der Waals surface area contributed by atoms with E-state index in [1.807, 2.05) is 13.0 Å². The van der Waals surface area contributed by atoms with Gasteiger partial charge in [0.25, 0.3) is 0 Å². The van der Waals surface area contributed by atoms with Crippen LogP contribution < -0.4 is 15.2 Å². The van der Waals surface area contributed by atoms with Crippen LogP contribution in [0.1, 0.15) is 12.5 Å². The minimum Gasteiger partial charge on any atom is -0.493 e. The largest absolute Gasteiger partial charge is 0.493 e. The minimum atomic E-state index is 0.0103. The van der Waals surface area contributed by atoms with E-state index >= 15 is 0 Å². The molecule has 0 fully saturated rings. The van der Waals surface area contributed by atoms with Gasteiger partial charge in [0, 0.05) is 23.8 Å². The molecule has 0 spiro atoms. The fraction of sp³-hybridized carbons (Fsp3) is 0.538. The number of nitrogens with two attached hydrogens (primary N) is 1. The molecule has 1 aromatic carbocycles. The lowest BCUT2D eigenvalue weighted by Crippen LogP contribution is -2.17. The second kappa shape index (κ2) is 7.46. The van der Waals surface area contributed by atoms with Crippen molar-refractivity contribution in [2.45, 2.75) is 19.4 Å². The van der Waals surface area contributed by atoms with Crippen molar-refractivity contribution in [2.75, 3.05) is 27.4 Å². The van der Waals surface area contributed by atoms with Crippen LogP contribution >= 0.6 is 11.6 Å². The summed E-state index contributed by atoms with van der Waals surface area (Å²) in [5.74, 6) is 1.31. The minimum absolute atomic E-state index is 0.0103. The molecule has 4 nitrogen and oxygen atoms in total. The highest BCUT2D eigenvalue weighted by Crippen LogP contribution is 2.35. The summed E-state index contributed by atoms with van der Waals surface area (Å²) in [5.41, 5.74) is 6.54. The van der Waals surface area contributed by atoms with Gasteiger partial charge in [-0.25, -0.2) is 0 Å². The molecule has 5 heteroatoms. The lowest BCUT2D eigenvalue weighted by Gasteiger charge is -2.17. The van der Waals surface area contributed by atoms with Crippen LogP contribution in [0.15, 0.2) is 12.1 Å². The monoisotopic (exact) mass is 273 g/mol. The zero-order chi connectivity index (χ0) is 13.5. The molecular weight excluding hydrogens is 254 g/mol. The Bertz CT molecular complexity index is 385. The molecule has 0 aliphatic carbocycles. The molecule has 1 rings (SSSR count). The maximum absolute atomic E-state index is 6.03. The average molecular weight is 274 g/mol. The summed E-state index contributed by atoms with van der Waals surface area (Å²) < 4.78 is 16.2. The smallest absolute Gasteiger partial charge is 0.164 e. The van der Waals surface area contributed by atoms with Crippen molar-refractivity contribution < 1.29 is 14.2 Å². The number of ether oxygens (including phenoxy) is 3. The summed E-state index contributed by atoms with van der Waals surface area (Å²) >= 11 is 6.03. The maximum Gasteiger partial charge on any atom is 0.164 e. The Morgan fingerprint density at radius 1 is 1.33 bits per heavy atom. The molecule has 2 N–H and O–H groups in total. The molecule has 0 aliphatic heterocycles. The Labute approximate surface area is 113 Å². The highest BCUT2D eigenvalue weighted by Gasteiger charge is 2.13. The summed E-state index contributed by atoms with van der Waals surface area (Å²) in [7, 11) is 3.23. The lowest BCUT2D eigenvalue weighted by molar-refractivity contribution is 0.0702. The quantitative estimate of drug-likeness (QED) is 0.828. The van der Waals surface area contributed by atoms with E-state index in [1.54, 1.807) is 20.3 Å². The standard InChI is InChI=1S/C13H20ClNO3/c1-9(16-2)8-18-13-10(4-5-15)6-11(14)7-12(13)17-3/h6-7,9H,4-5,8,15H2,1-3H3. The van der Waals surface area contributed by atoms with Crippen molar-refractivity contribution in [3.05, 3.63) is 22.7 Å². The van der Waals surface area contributed by atoms with Gasteiger partial charge in [-0.15, -0.1) is 0 Å². The SMILES string of the molecule is COc1cc(Cl)cc(CCN)c1OCC(C)OC. The van der Waals surface area contributed by atoms with Crippen molar-refractivity contribution in [1.29, 1.82) is 0 Å². The number of hydrogen-bond acceptors (Lipinski definition) is 4. The molecule has 0 aromatic heterocycles. The third kappa shape index (κ3) is 4.05. The van der Waals surface area contributed by atoms with E-state index in [9.17, 15) is 0 Å². The molecule has 0 aliphatic rings. The molecule has 0 amide bonds. The maximum atomic E-state index is 6.03. The van der Waals surface area contributed by atoms with E-state index in [0.717, 1.165) is 5.56 Å². The van der Waals surface area contributed by atoms with Gasteiger partial charge in [-0.3, -0.25) is 0 Å². The van der Waals surface area contributed by atoms with Crippen LogP contribution in [0.5, 0.6) is 11.5 Å². The van der Waals surface area contributed by atoms with E-state index in [-0.39, 0.29) is 6.10 Å². The van der Waals surface area contributed by atoms with Gasteiger partial charge >= 0.3 is 0 Å².